The van der Waals surface area contributed by atoms with Gasteiger partial charge in [-0.15, -0.1) is 0 Å². The number of fused-ring (bicyclic) bond motifs is 1. The normalized spacial score (nSPS) is 15.6. The first-order valence-corrected chi connectivity index (χ1v) is 12.1. The molecular formula is C29H28N4O3. The summed E-state index contributed by atoms with van der Waals surface area (Å²) in [6.45, 7) is 3.62. The van der Waals surface area contributed by atoms with Crippen LogP contribution in [0, 0.1) is 11.3 Å². The van der Waals surface area contributed by atoms with Gasteiger partial charge in [-0.1, -0.05) is 66.7 Å². The van der Waals surface area contributed by atoms with Gasteiger partial charge in [0, 0.05) is 38.9 Å². The maximum atomic E-state index is 12.7. The van der Waals surface area contributed by atoms with Gasteiger partial charge >= 0.3 is 0 Å². The van der Waals surface area contributed by atoms with Gasteiger partial charge in [-0.2, -0.15) is 5.26 Å². The zero-order valence-corrected chi connectivity index (χ0v) is 20.0. The minimum Gasteiger partial charge on any atom is -0.454 e. The highest BCUT2D eigenvalue weighted by molar-refractivity contribution is 5.97. The van der Waals surface area contributed by atoms with Crippen molar-refractivity contribution in [1.82, 2.24) is 15.1 Å². The van der Waals surface area contributed by atoms with Crippen LogP contribution in [0.25, 0.3) is 0 Å². The predicted molar refractivity (Wildman–Crippen MR) is 136 cm³/mol. The molecule has 1 fully saturated rings. The molecule has 1 amide bonds. The number of benzene rings is 3. The third-order valence-corrected chi connectivity index (χ3v) is 6.51. The largest absolute Gasteiger partial charge is 0.454 e. The quantitative estimate of drug-likeness (QED) is 0.409. The Kier molecular flexibility index (Phi) is 7.15. The molecule has 7 nitrogen and oxygen atoms in total. The molecule has 0 saturated carbocycles. The first-order chi connectivity index (χ1) is 17.7. The van der Waals surface area contributed by atoms with Crippen molar-refractivity contribution in [2.24, 2.45) is 0 Å². The molecule has 1 saturated heterocycles. The van der Waals surface area contributed by atoms with E-state index >= 15 is 0 Å². The van der Waals surface area contributed by atoms with Crippen LogP contribution in [-0.4, -0.2) is 48.7 Å². The Morgan fingerprint density at radius 1 is 0.917 bits per heavy atom. The van der Waals surface area contributed by atoms with E-state index in [1.165, 1.54) is 11.1 Å². The van der Waals surface area contributed by atoms with Crippen molar-refractivity contribution in [1.29, 1.82) is 5.26 Å². The lowest BCUT2D eigenvalue weighted by atomic mass is 9.96. The van der Waals surface area contributed by atoms with Crippen LogP contribution < -0.4 is 14.8 Å². The molecule has 0 unspecified atom stereocenters. The highest BCUT2D eigenvalue weighted by Gasteiger charge is 2.26. The monoisotopic (exact) mass is 480 g/mol. The summed E-state index contributed by atoms with van der Waals surface area (Å²) in [5, 5.41) is 12.5. The van der Waals surface area contributed by atoms with Gasteiger partial charge in [-0.3, -0.25) is 9.69 Å². The van der Waals surface area contributed by atoms with E-state index in [-0.39, 0.29) is 24.3 Å². The van der Waals surface area contributed by atoms with Crippen molar-refractivity contribution in [2.45, 2.75) is 12.6 Å². The lowest BCUT2D eigenvalue weighted by Crippen LogP contribution is -2.46. The fourth-order valence-electron chi connectivity index (χ4n) is 4.66. The number of ether oxygens (including phenoxy) is 2. The molecule has 0 radical (unpaired) electrons. The average molecular weight is 481 g/mol. The number of carbonyl (C=O) groups excluding carboxylic acids is 1. The second-order valence-electron chi connectivity index (χ2n) is 8.82. The smallest absolute Gasteiger partial charge is 0.263 e. The average Bonchev–Trinajstić information content (AvgIpc) is 3.41. The summed E-state index contributed by atoms with van der Waals surface area (Å²) in [6, 6.07) is 28.8. The first-order valence-electron chi connectivity index (χ1n) is 12.1. The second-order valence-corrected chi connectivity index (χ2v) is 8.82. The van der Waals surface area contributed by atoms with Crippen LogP contribution in [0.2, 0.25) is 0 Å². The minimum absolute atomic E-state index is 0.104. The molecule has 36 heavy (non-hydrogen) atoms. The van der Waals surface area contributed by atoms with Gasteiger partial charge in [0.1, 0.15) is 11.6 Å². The predicted octanol–water partition coefficient (Wildman–Crippen LogP) is 3.85. The maximum Gasteiger partial charge on any atom is 0.263 e. The van der Waals surface area contributed by atoms with Crippen molar-refractivity contribution in [3.05, 3.63) is 107 Å². The van der Waals surface area contributed by atoms with Gasteiger partial charge < -0.3 is 19.7 Å². The van der Waals surface area contributed by atoms with E-state index in [1.54, 1.807) is 6.20 Å². The Morgan fingerprint density at radius 3 is 2.19 bits per heavy atom. The van der Waals surface area contributed by atoms with Crippen LogP contribution >= 0.6 is 0 Å². The molecule has 3 aromatic carbocycles. The zero-order valence-electron chi connectivity index (χ0n) is 20.0. The Morgan fingerprint density at radius 2 is 1.56 bits per heavy atom. The molecule has 0 bridgehead atoms. The van der Waals surface area contributed by atoms with Gasteiger partial charge in [-0.25, -0.2) is 0 Å². The Hall–Kier alpha value is -4.28. The molecule has 7 heteroatoms. The zero-order chi connectivity index (χ0) is 24.7. The topological polar surface area (TPSA) is 77.8 Å². The number of nitriles is 1. The number of carbonyl (C=O) groups is 1. The summed E-state index contributed by atoms with van der Waals surface area (Å²) >= 11 is 0. The van der Waals surface area contributed by atoms with Crippen LogP contribution in [0.1, 0.15) is 22.7 Å². The number of nitrogens with one attached hydrogen (secondary N) is 1. The van der Waals surface area contributed by atoms with Gasteiger partial charge in [0.15, 0.2) is 11.5 Å². The van der Waals surface area contributed by atoms with E-state index in [9.17, 15) is 10.1 Å². The van der Waals surface area contributed by atoms with E-state index in [0.29, 0.717) is 18.0 Å². The third-order valence-electron chi connectivity index (χ3n) is 6.51. The molecule has 1 N–H and O–H groups in total. The van der Waals surface area contributed by atoms with Crippen molar-refractivity contribution in [2.75, 3.05) is 33.0 Å². The Bertz CT molecular complexity index is 1220. The van der Waals surface area contributed by atoms with Gasteiger partial charge in [0.05, 0.1) is 6.04 Å². The SMILES string of the molecule is N#C/C(=C/N1CCN(C(c2ccccc2)c2ccccc2)CC1)C(=O)NCc1ccc2c(c1)OCO2. The van der Waals surface area contributed by atoms with E-state index in [2.05, 4.69) is 69.7 Å². The molecule has 0 atom stereocenters. The second kappa shape index (κ2) is 11.0. The van der Waals surface area contributed by atoms with Gasteiger partial charge in [-0.05, 0) is 28.8 Å². The van der Waals surface area contributed by atoms with Gasteiger partial charge in [0.2, 0.25) is 6.79 Å². The number of hydrogen-bond donors (Lipinski definition) is 1. The lowest BCUT2D eigenvalue weighted by molar-refractivity contribution is -0.117. The van der Waals surface area contributed by atoms with Crippen LogP contribution in [0.15, 0.2) is 90.6 Å². The number of piperazine rings is 1. The summed E-state index contributed by atoms with van der Waals surface area (Å²) in [6.07, 6.45) is 1.69. The summed E-state index contributed by atoms with van der Waals surface area (Å²) in [4.78, 5) is 17.2. The number of nitrogens with zero attached hydrogens (tertiary/aromatic N) is 3. The summed E-state index contributed by atoms with van der Waals surface area (Å²) in [5.41, 5.74) is 3.50. The van der Waals surface area contributed by atoms with E-state index in [4.69, 9.17) is 9.47 Å². The van der Waals surface area contributed by atoms with Crippen molar-refractivity contribution in [3.63, 3.8) is 0 Å². The van der Waals surface area contributed by atoms with Crippen LogP contribution in [0.5, 0.6) is 11.5 Å². The number of hydrogen-bond acceptors (Lipinski definition) is 6. The highest BCUT2D eigenvalue weighted by atomic mass is 16.7. The van der Waals surface area contributed by atoms with E-state index < -0.39 is 0 Å². The van der Waals surface area contributed by atoms with E-state index in [0.717, 1.165) is 31.7 Å². The molecule has 5 rings (SSSR count). The molecule has 2 aliphatic heterocycles. The number of rotatable bonds is 7. The highest BCUT2D eigenvalue weighted by Crippen LogP contribution is 2.32. The molecule has 0 aliphatic carbocycles. The van der Waals surface area contributed by atoms with Crippen molar-refractivity contribution in [3.8, 4) is 17.6 Å². The molecule has 2 heterocycles. The van der Waals surface area contributed by atoms with Crippen molar-refractivity contribution >= 4 is 5.91 Å². The molecular weight excluding hydrogens is 452 g/mol. The molecule has 2 aliphatic rings. The van der Waals surface area contributed by atoms with Crippen LogP contribution in [0.3, 0.4) is 0 Å². The van der Waals surface area contributed by atoms with Crippen LogP contribution in [-0.2, 0) is 11.3 Å². The molecule has 0 spiro atoms. The molecule has 0 aromatic heterocycles. The first kappa shape index (κ1) is 23.5. The molecule has 3 aromatic rings. The van der Waals surface area contributed by atoms with E-state index in [1.807, 2.05) is 30.3 Å². The fourth-order valence-corrected chi connectivity index (χ4v) is 4.66. The molecule has 182 valence electrons. The van der Waals surface area contributed by atoms with Crippen molar-refractivity contribution < 1.29 is 14.3 Å². The van der Waals surface area contributed by atoms with Crippen LogP contribution in [0.4, 0.5) is 0 Å². The summed E-state index contributed by atoms with van der Waals surface area (Å²) in [7, 11) is 0. The third kappa shape index (κ3) is 5.35. The minimum atomic E-state index is -0.385. The number of amides is 1. The summed E-state index contributed by atoms with van der Waals surface area (Å²) < 4.78 is 10.7. The van der Waals surface area contributed by atoms with Gasteiger partial charge in [0.25, 0.3) is 5.91 Å². The Balaban J connectivity index is 1.21. The fraction of sp³-hybridized carbons (Fsp3) is 0.241. The standard InChI is InChI=1S/C29H28N4O3/c30-18-25(29(34)31-19-22-11-12-26-27(17-22)36-21-35-26)20-32-13-15-33(16-14-32)28(23-7-3-1-4-8-23)24-9-5-2-6-10-24/h1-12,17,20,28H,13-16,19,21H2,(H,31,34)/b25-20-. The summed E-state index contributed by atoms with van der Waals surface area (Å²) in [5.74, 6) is 0.979. The Labute approximate surface area is 211 Å². The maximum absolute atomic E-state index is 12.7. The lowest BCUT2D eigenvalue weighted by Gasteiger charge is -2.39.